The second kappa shape index (κ2) is 29.4. The summed E-state index contributed by atoms with van der Waals surface area (Å²) in [6.45, 7) is -3.10. The lowest BCUT2D eigenvalue weighted by atomic mass is 9.95. The molecule has 0 aliphatic carbocycles. The molecule has 3 aromatic rings. The monoisotopic (exact) mass is 1210 g/mol. The van der Waals surface area contributed by atoms with Crippen LogP contribution in [0.4, 0.5) is 0 Å². The number of ether oxygens (including phenoxy) is 14. The minimum Gasteiger partial charge on any atom is -0.504 e. The number of methoxy groups -OCH3 is 2. The van der Waals surface area contributed by atoms with Crippen LogP contribution in [0.1, 0.15) is 35.3 Å². The largest absolute Gasteiger partial charge is 0.504 e. The Bertz CT molecular complexity index is 2810. The highest BCUT2D eigenvalue weighted by atomic mass is 16.8. The summed E-state index contributed by atoms with van der Waals surface area (Å²) >= 11 is 0. The van der Waals surface area contributed by atoms with Crippen molar-refractivity contribution < 1.29 is 146 Å². The van der Waals surface area contributed by atoms with Gasteiger partial charge in [-0.15, -0.1) is 0 Å². The van der Waals surface area contributed by atoms with Gasteiger partial charge in [-0.05, 0) is 59.7 Å². The third-order valence-electron chi connectivity index (χ3n) is 13.7. The van der Waals surface area contributed by atoms with Gasteiger partial charge in [-0.25, -0.2) is 14.4 Å². The second-order valence-electron chi connectivity index (χ2n) is 19.6. The van der Waals surface area contributed by atoms with Crippen molar-refractivity contribution in [1.82, 2.24) is 0 Å². The molecule has 30 heteroatoms. The highest BCUT2D eigenvalue weighted by molar-refractivity contribution is 5.90. The summed E-state index contributed by atoms with van der Waals surface area (Å²) in [4.78, 5) is 66.6. The Hall–Kier alpha value is -6.95. The third kappa shape index (κ3) is 15.9. The van der Waals surface area contributed by atoms with Gasteiger partial charge >= 0.3 is 29.8 Å². The third-order valence-corrected chi connectivity index (χ3v) is 13.7. The van der Waals surface area contributed by atoms with Crippen molar-refractivity contribution in [3.05, 3.63) is 95.6 Å². The molecule has 7 rings (SSSR count). The number of phenols is 2. The summed E-state index contributed by atoms with van der Waals surface area (Å²) in [5.74, 6) is -8.92. The molecular weight excluding hydrogens is 1140 g/mol. The quantitative estimate of drug-likeness (QED) is 0.0260. The van der Waals surface area contributed by atoms with Crippen LogP contribution in [-0.4, -0.2) is 249 Å². The smallest absolute Gasteiger partial charge is 0.338 e. The minimum atomic E-state index is -2.95. The molecule has 0 bridgehead atoms. The van der Waals surface area contributed by atoms with E-state index in [0.29, 0.717) is 5.56 Å². The van der Waals surface area contributed by atoms with Crippen LogP contribution in [0.25, 0.3) is 12.2 Å². The summed E-state index contributed by atoms with van der Waals surface area (Å²) in [7, 11) is 2.55. The Balaban J connectivity index is 1.40. The van der Waals surface area contributed by atoms with Crippen LogP contribution >= 0.6 is 0 Å². The normalized spacial score (nSPS) is 33.0. The number of hydrogen-bond donors (Lipinski definition) is 11. The summed E-state index contributed by atoms with van der Waals surface area (Å²) in [6.07, 6.45) is -34.0. The van der Waals surface area contributed by atoms with E-state index in [1.807, 2.05) is 0 Å². The summed E-state index contributed by atoms with van der Waals surface area (Å²) in [5.41, 5.74) is 0.427. The first-order chi connectivity index (χ1) is 40.5. The van der Waals surface area contributed by atoms with Crippen LogP contribution in [0.15, 0.2) is 78.9 Å². The molecule has 0 radical (unpaired) electrons. The Morgan fingerprint density at radius 3 is 1.59 bits per heavy atom. The van der Waals surface area contributed by atoms with Gasteiger partial charge in [0, 0.05) is 26.0 Å². The lowest BCUT2D eigenvalue weighted by molar-refractivity contribution is -0.421. The molecule has 466 valence electrons. The number of phenolic OH excluding ortho intramolecular Hbond substituents is 2. The highest BCUT2D eigenvalue weighted by Gasteiger charge is 2.64. The van der Waals surface area contributed by atoms with E-state index in [9.17, 15) is 80.1 Å². The average Bonchev–Trinajstić information content (AvgIpc) is 2.16. The Labute approximate surface area is 483 Å². The average molecular weight is 1210 g/mol. The van der Waals surface area contributed by atoms with E-state index in [4.69, 9.17) is 66.3 Å². The van der Waals surface area contributed by atoms with Gasteiger partial charge in [-0.3, -0.25) is 9.59 Å². The predicted octanol–water partition coefficient (Wildman–Crippen LogP) is -2.78. The Kier molecular flexibility index (Phi) is 22.7. The fourth-order valence-electron chi connectivity index (χ4n) is 9.27. The zero-order valence-corrected chi connectivity index (χ0v) is 45.8. The standard InChI is InChI=1S/C55H66O30/c1-25(58)74-22-36-41(65)44(68)46(70)53(78-36)81-48-47(80-39(63)17-13-28-11-15-31(61)33(19-28)73-4)37(23-75-26(2)59)79-54(49(48)82-52-45(69)43(67)40(64)34(20-56)77-52)85-55(24-76-38(62)16-12-27-10-14-30(60)32(18-27)72-3)50(42(66)35(21-57)84-55)83-51(71)29-8-6-5-7-9-29/h5-19,34-37,40-50,52-54,56-57,60-61,64-70H,20-24H2,1-4H3/b16-12+,17-13+/t34-,35-,36-,37+,40+,41+,42+,43-,44-,45+,46+,47+,48-,49+,50-,52+,53-,54+,55-/m0/s1. The first-order valence-corrected chi connectivity index (χ1v) is 26.1. The molecule has 19 atom stereocenters. The van der Waals surface area contributed by atoms with Crippen LogP contribution < -0.4 is 9.47 Å². The van der Waals surface area contributed by atoms with Gasteiger partial charge in [0.2, 0.25) is 5.79 Å². The fraction of sp³-hybridized carbons (Fsp3) is 0.509. The zero-order chi connectivity index (χ0) is 61.9. The number of aliphatic hydroxyl groups is 9. The van der Waals surface area contributed by atoms with Crippen molar-refractivity contribution in [2.45, 2.75) is 130 Å². The van der Waals surface area contributed by atoms with E-state index < -0.39 is 179 Å². The number of carbonyl (C=O) groups excluding carboxylic acids is 5. The van der Waals surface area contributed by atoms with E-state index in [0.717, 1.165) is 26.0 Å². The SMILES string of the molecule is COc1cc(/C=C/C(=O)OC[C@@]2(O[C@H]3O[C@H](COC(C)=O)[C@@H](OC(=O)/C=C/c4ccc(O)c(OC)c4)[C@H](O[C@@H]4O[C@@H](COC(C)=O)[C@@H](O)[C@H](O)[C@H]4O)[C@H]3O[C@H]3O[C@@H](CO)[C@@H](O)[C@H](O)[C@H]3O)O[C@@H](CO)[C@@H](O)[C@@H]2OC(=O)c2ccccc2)ccc1O. The number of hydrogen-bond acceptors (Lipinski definition) is 30. The van der Waals surface area contributed by atoms with Gasteiger partial charge in [0.25, 0.3) is 0 Å². The number of aliphatic hydroxyl groups excluding tert-OH is 9. The molecule has 4 fully saturated rings. The molecule has 4 aliphatic heterocycles. The van der Waals surface area contributed by atoms with E-state index in [1.54, 1.807) is 6.07 Å². The Morgan fingerprint density at radius 1 is 0.541 bits per heavy atom. The van der Waals surface area contributed by atoms with Crippen LogP contribution in [0, 0.1) is 0 Å². The maximum absolute atomic E-state index is 14.2. The number of benzene rings is 3. The molecule has 4 aliphatic rings. The predicted molar refractivity (Wildman–Crippen MR) is 278 cm³/mol. The molecule has 3 aromatic carbocycles. The molecule has 4 heterocycles. The maximum atomic E-state index is 14.2. The van der Waals surface area contributed by atoms with Gasteiger partial charge in [0.15, 0.2) is 54.1 Å². The summed E-state index contributed by atoms with van der Waals surface area (Å²) < 4.78 is 81.8. The number of rotatable bonds is 23. The molecule has 4 saturated heterocycles. The minimum absolute atomic E-state index is 0.00374. The highest BCUT2D eigenvalue weighted by Crippen LogP contribution is 2.42. The van der Waals surface area contributed by atoms with Crippen LogP contribution in [0.3, 0.4) is 0 Å². The van der Waals surface area contributed by atoms with E-state index >= 15 is 0 Å². The molecule has 0 aromatic heterocycles. The molecule has 0 spiro atoms. The molecule has 30 nitrogen and oxygen atoms in total. The van der Waals surface area contributed by atoms with Crippen molar-refractivity contribution in [2.24, 2.45) is 0 Å². The molecule has 0 saturated carbocycles. The summed E-state index contributed by atoms with van der Waals surface area (Å²) in [6, 6.07) is 15.1. The van der Waals surface area contributed by atoms with E-state index in [-0.39, 0.29) is 34.1 Å². The van der Waals surface area contributed by atoms with Crippen LogP contribution in [0.2, 0.25) is 0 Å². The lowest BCUT2D eigenvalue weighted by Crippen LogP contribution is -2.69. The van der Waals surface area contributed by atoms with E-state index in [1.165, 1.54) is 87.0 Å². The van der Waals surface area contributed by atoms with Crippen molar-refractivity contribution in [3.63, 3.8) is 0 Å². The van der Waals surface area contributed by atoms with Gasteiger partial charge in [-0.1, -0.05) is 30.3 Å². The molecule has 0 amide bonds. The number of aromatic hydroxyl groups is 2. The van der Waals surface area contributed by atoms with Crippen molar-refractivity contribution >= 4 is 42.0 Å². The Morgan fingerprint density at radius 2 is 1.05 bits per heavy atom. The first-order valence-electron chi connectivity index (χ1n) is 26.1. The van der Waals surface area contributed by atoms with Gasteiger partial charge in [0.1, 0.15) is 99.2 Å². The molecule has 85 heavy (non-hydrogen) atoms. The second-order valence-corrected chi connectivity index (χ2v) is 19.6. The van der Waals surface area contributed by atoms with Crippen molar-refractivity contribution in [1.29, 1.82) is 0 Å². The van der Waals surface area contributed by atoms with Crippen molar-refractivity contribution in [2.75, 3.05) is 47.3 Å². The number of esters is 5. The first kappa shape index (κ1) is 65.6. The van der Waals surface area contributed by atoms with Crippen LogP contribution in [-0.2, 0) is 76.0 Å². The molecule has 0 unspecified atom stereocenters. The van der Waals surface area contributed by atoms with E-state index in [2.05, 4.69) is 0 Å². The van der Waals surface area contributed by atoms with Crippen LogP contribution in [0.5, 0.6) is 23.0 Å². The maximum Gasteiger partial charge on any atom is 0.338 e. The van der Waals surface area contributed by atoms with Gasteiger partial charge < -0.3 is 122 Å². The van der Waals surface area contributed by atoms with Crippen molar-refractivity contribution in [3.8, 4) is 23.0 Å². The molecular formula is C55H66O30. The lowest BCUT2D eigenvalue weighted by Gasteiger charge is -2.50. The van der Waals surface area contributed by atoms with Gasteiger partial charge in [-0.2, -0.15) is 0 Å². The van der Waals surface area contributed by atoms with Gasteiger partial charge in [0.05, 0.1) is 33.0 Å². The number of carbonyl (C=O) groups is 5. The molecule has 11 N–H and O–H groups in total. The topological polar surface area (TPSA) is 437 Å². The zero-order valence-electron chi connectivity index (χ0n) is 45.8. The summed E-state index contributed by atoms with van der Waals surface area (Å²) in [5, 5.41) is 120. The fourth-order valence-corrected chi connectivity index (χ4v) is 9.27.